The summed E-state index contributed by atoms with van der Waals surface area (Å²) in [6, 6.07) is 11.6. The van der Waals surface area contributed by atoms with Gasteiger partial charge in [0, 0.05) is 24.7 Å². The molecule has 7 nitrogen and oxygen atoms in total. The number of hydrogen-bond donors (Lipinski definition) is 0. The molecule has 0 amide bonds. The summed E-state index contributed by atoms with van der Waals surface area (Å²) in [5, 5.41) is 0.655. The molecule has 1 aliphatic rings. The normalized spacial score (nSPS) is 13.9. The monoisotopic (exact) mass is 484 g/mol. The Hall–Kier alpha value is -3.03. The Morgan fingerprint density at radius 2 is 1.71 bits per heavy atom. The van der Waals surface area contributed by atoms with Gasteiger partial charge < -0.3 is 14.2 Å². The molecule has 0 saturated heterocycles. The van der Waals surface area contributed by atoms with E-state index in [2.05, 4.69) is 0 Å². The Morgan fingerprint density at radius 1 is 1.03 bits per heavy atom. The zero-order valence-electron chi connectivity index (χ0n) is 19.9. The molecule has 1 aromatic heterocycles. The molecule has 1 unspecified atom stereocenters. The van der Waals surface area contributed by atoms with Crippen LogP contribution in [0.25, 0.3) is 22.3 Å². The lowest BCUT2D eigenvalue weighted by molar-refractivity contribution is -0.0985. The van der Waals surface area contributed by atoms with Gasteiger partial charge in [-0.25, -0.2) is 9.48 Å². The average Bonchev–Trinajstić information content (AvgIpc) is 3.07. The first-order valence-corrected chi connectivity index (χ1v) is 11.9. The Bertz CT molecular complexity index is 1260. The molecular formula is C26H29ClN2O5. The maximum absolute atomic E-state index is 13.6. The number of carbonyl (C=O) groups excluding carboxylic acids is 1. The minimum Gasteiger partial charge on any atom is -0.404 e. The van der Waals surface area contributed by atoms with Crippen LogP contribution in [0.3, 0.4) is 0 Å². The number of aryl methyl sites for hydroxylation is 1. The fraction of sp³-hybridized carbons (Fsp3) is 0.385. The second-order valence-electron chi connectivity index (χ2n) is 8.37. The van der Waals surface area contributed by atoms with Crippen LogP contribution in [0.5, 0.6) is 5.88 Å². The summed E-state index contributed by atoms with van der Waals surface area (Å²) in [4.78, 5) is 26.2. The van der Waals surface area contributed by atoms with Crippen LogP contribution < -0.4 is 10.3 Å². The van der Waals surface area contributed by atoms with Gasteiger partial charge in [0.2, 0.25) is 12.2 Å². The van der Waals surface area contributed by atoms with Gasteiger partial charge >= 0.3 is 6.16 Å². The smallest absolute Gasteiger partial charge is 0.404 e. The van der Waals surface area contributed by atoms with Gasteiger partial charge in [0.25, 0.3) is 5.56 Å². The molecule has 3 aromatic rings. The molecule has 8 heteroatoms. The van der Waals surface area contributed by atoms with E-state index >= 15 is 0 Å². The summed E-state index contributed by atoms with van der Waals surface area (Å²) in [6.07, 6.45) is 0.111. The molecule has 0 aliphatic carbocycles. The van der Waals surface area contributed by atoms with E-state index in [9.17, 15) is 9.59 Å². The van der Waals surface area contributed by atoms with Gasteiger partial charge in [-0.2, -0.15) is 0 Å². The highest BCUT2D eigenvalue weighted by molar-refractivity contribution is 6.30. The molecule has 34 heavy (non-hydrogen) atoms. The summed E-state index contributed by atoms with van der Waals surface area (Å²) in [7, 11) is 0. The number of hydrogen-bond acceptors (Lipinski definition) is 5. The van der Waals surface area contributed by atoms with E-state index in [-0.39, 0.29) is 11.4 Å². The Kier molecular flexibility index (Phi) is 7.14. The second kappa shape index (κ2) is 10.1. The predicted molar refractivity (Wildman–Crippen MR) is 131 cm³/mol. The van der Waals surface area contributed by atoms with Gasteiger partial charge in [0.05, 0.1) is 0 Å². The first kappa shape index (κ1) is 24.1. The molecule has 0 saturated carbocycles. The van der Waals surface area contributed by atoms with Crippen molar-refractivity contribution in [2.75, 3.05) is 6.61 Å². The third kappa shape index (κ3) is 4.63. The largest absolute Gasteiger partial charge is 0.517 e. The molecule has 0 fully saturated rings. The van der Waals surface area contributed by atoms with E-state index in [1.807, 2.05) is 57.2 Å². The topological polar surface area (TPSA) is 71.7 Å². The van der Waals surface area contributed by atoms with Crippen molar-refractivity contribution in [3.8, 4) is 28.1 Å². The van der Waals surface area contributed by atoms with Gasteiger partial charge in [-0.1, -0.05) is 35.9 Å². The van der Waals surface area contributed by atoms with Gasteiger partial charge in [-0.05, 0) is 80.5 Å². The molecule has 1 atom stereocenters. The maximum Gasteiger partial charge on any atom is 0.517 e. The van der Waals surface area contributed by atoms with Gasteiger partial charge in [0.15, 0.2) is 0 Å². The quantitative estimate of drug-likeness (QED) is 0.319. The molecule has 2 heterocycles. The highest BCUT2D eigenvalue weighted by Gasteiger charge is 2.29. The van der Waals surface area contributed by atoms with E-state index in [4.69, 9.17) is 25.8 Å². The first-order chi connectivity index (χ1) is 16.3. The fourth-order valence-corrected chi connectivity index (χ4v) is 4.66. The van der Waals surface area contributed by atoms with E-state index < -0.39 is 12.4 Å². The summed E-state index contributed by atoms with van der Waals surface area (Å²) < 4.78 is 19.6. The lowest BCUT2D eigenvalue weighted by Crippen LogP contribution is -2.28. The number of fused-ring (bicyclic) bond motifs is 1. The zero-order chi connectivity index (χ0) is 24.4. The van der Waals surface area contributed by atoms with Gasteiger partial charge in [0.1, 0.15) is 5.56 Å². The van der Waals surface area contributed by atoms with Crippen molar-refractivity contribution in [1.29, 1.82) is 0 Å². The van der Waals surface area contributed by atoms with E-state index in [1.54, 1.807) is 16.3 Å². The van der Waals surface area contributed by atoms with Crippen LogP contribution in [0.2, 0.25) is 5.02 Å². The van der Waals surface area contributed by atoms with Crippen LogP contribution in [0, 0.1) is 13.8 Å². The number of ether oxygens (including phenoxy) is 3. The molecule has 0 radical (unpaired) electrons. The summed E-state index contributed by atoms with van der Waals surface area (Å²) in [5.41, 5.74) is 4.74. The number of benzene rings is 2. The van der Waals surface area contributed by atoms with Crippen molar-refractivity contribution in [1.82, 2.24) is 9.36 Å². The van der Waals surface area contributed by atoms with Crippen molar-refractivity contribution in [2.24, 2.45) is 0 Å². The van der Waals surface area contributed by atoms with Crippen LogP contribution in [-0.4, -0.2) is 28.4 Å². The third-order valence-electron chi connectivity index (χ3n) is 6.10. The van der Waals surface area contributed by atoms with Crippen LogP contribution in [0.15, 0.2) is 41.2 Å². The molecule has 1 aliphatic heterocycles. The van der Waals surface area contributed by atoms with Crippen molar-refractivity contribution < 1.29 is 19.0 Å². The summed E-state index contributed by atoms with van der Waals surface area (Å²) in [5.74, 6) is 0.206. The van der Waals surface area contributed by atoms with Crippen LogP contribution in [-0.2, 0) is 22.6 Å². The van der Waals surface area contributed by atoms with E-state index in [1.165, 1.54) is 0 Å². The molecular weight excluding hydrogens is 456 g/mol. The molecule has 0 spiro atoms. The molecule has 180 valence electrons. The lowest BCUT2D eigenvalue weighted by Gasteiger charge is -2.19. The van der Waals surface area contributed by atoms with Gasteiger partial charge in [-0.15, -0.1) is 0 Å². The van der Waals surface area contributed by atoms with Crippen molar-refractivity contribution in [3.63, 3.8) is 0 Å². The Labute approximate surface area is 203 Å². The Balaban J connectivity index is 1.85. The summed E-state index contributed by atoms with van der Waals surface area (Å²) >= 11 is 6.08. The minimum atomic E-state index is -0.905. The molecule has 2 aromatic carbocycles. The van der Waals surface area contributed by atoms with Crippen molar-refractivity contribution in [3.05, 3.63) is 62.9 Å². The SMILES string of the molecule is CCOC(C)OC(=O)Oc1c(-c2c(C)ccc(-c3ccc(Cl)cc3)c2C)c(=O)n2n1CCCC2. The number of halogens is 1. The highest BCUT2D eigenvalue weighted by atomic mass is 35.5. The number of rotatable bonds is 6. The number of carbonyl (C=O) groups is 1. The van der Waals surface area contributed by atoms with E-state index in [0.29, 0.717) is 30.3 Å². The minimum absolute atomic E-state index is 0.181. The molecule has 0 bridgehead atoms. The van der Waals surface area contributed by atoms with E-state index in [0.717, 1.165) is 40.7 Å². The maximum atomic E-state index is 13.6. The molecule has 0 N–H and O–H groups in total. The third-order valence-corrected chi connectivity index (χ3v) is 6.35. The number of nitrogens with zero attached hydrogens (tertiary/aromatic N) is 2. The van der Waals surface area contributed by atoms with Crippen molar-refractivity contribution in [2.45, 2.75) is 59.9 Å². The summed E-state index contributed by atoms with van der Waals surface area (Å²) in [6.45, 7) is 8.91. The fourth-order valence-electron chi connectivity index (χ4n) is 4.54. The average molecular weight is 485 g/mol. The zero-order valence-corrected chi connectivity index (χ0v) is 20.6. The van der Waals surface area contributed by atoms with Gasteiger partial charge in [-0.3, -0.25) is 9.48 Å². The van der Waals surface area contributed by atoms with Crippen LogP contribution >= 0.6 is 11.6 Å². The Morgan fingerprint density at radius 3 is 2.38 bits per heavy atom. The van der Waals surface area contributed by atoms with Crippen molar-refractivity contribution >= 4 is 17.8 Å². The predicted octanol–water partition coefficient (Wildman–Crippen LogP) is 5.95. The number of aromatic nitrogens is 2. The van der Waals surface area contributed by atoms with Crippen LogP contribution in [0.1, 0.15) is 37.8 Å². The molecule has 4 rings (SSSR count). The highest BCUT2D eigenvalue weighted by Crippen LogP contribution is 2.38. The standard InChI is InChI=1S/C26H29ClN2O5/c1-5-32-18(4)33-26(31)34-25-23(24(30)28-14-6-7-15-29(25)28)22-16(2)8-13-21(17(22)3)19-9-11-20(27)12-10-19/h8-13,18H,5-7,14-15H2,1-4H3. The lowest BCUT2D eigenvalue weighted by atomic mass is 9.90. The van der Waals surface area contributed by atoms with Crippen LogP contribution in [0.4, 0.5) is 4.79 Å². The second-order valence-corrected chi connectivity index (χ2v) is 8.80. The first-order valence-electron chi connectivity index (χ1n) is 11.5.